The van der Waals surface area contributed by atoms with E-state index in [0.29, 0.717) is 41.7 Å². The van der Waals surface area contributed by atoms with Gasteiger partial charge in [-0.2, -0.15) is 0 Å². The van der Waals surface area contributed by atoms with E-state index in [1.807, 2.05) is 19.9 Å². The zero-order chi connectivity index (χ0) is 22.9. The van der Waals surface area contributed by atoms with Crippen LogP contribution in [0.2, 0.25) is 0 Å². The maximum atomic E-state index is 12.8. The van der Waals surface area contributed by atoms with Gasteiger partial charge in [0.25, 0.3) is 5.91 Å². The number of sulfone groups is 1. The summed E-state index contributed by atoms with van der Waals surface area (Å²) in [5.41, 5.74) is 1.36. The Morgan fingerprint density at radius 2 is 1.75 bits per heavy atom. The van der Waals surface area contributed by atoms with Crippen molar-refractivity contribution in [1.82, 2.24) is 0 Å². The van der Waals surface area contributed by atoms with Crippen LogP contribution in [0.1, 0.15) is 30.6 Å². The van der Waals surface area contributed by atoms with E-state index in [1.165, 1.54) is 4.90 Å². The van der Waals surface area contributed by atoms with Gasteiger partial charge in [-0.1, -0.05) is 18.2 Å². The van der Waals surface area contributed by atoms with Gasteiger partial charge in [-0.05, 0) is 26.0 Å². The number of hydrogen-bond donors (Lipinski definition) is 1. The fraction of sp³-hybridized carbons (Fsp3) is 0.391. The molecule has 2 fully saturated rings. The molecule has 0 radical (unpaired) electrons. The van der Waals surface area contributed by atoms with Gasteiger partial charge in [0.05, 0.1) is 42.1 Å². The highest BCUT2D eigenvalue weighted by Crippen LogP contribution is 2.45. The summed E-state index contributed by atoms with van der Waals surface area (Å²) in [6.07, 6.45) is 0.186. The number of benzene rings is 2. The fourth-order valence-electron chi connectivity index (χ4n) is 4.37. The third kappa shape index (κ3) is 4.29. The molecule has 170 valence electrons. The summed E-state index contributed by atoms with van der Waals surface area (Å²) in [5, 5.41) is 2.86. The number of carbonyl (C=O) groups is 2. The Bertz CT molecular complexity index is 1130. The lowest BCUT2D eigenvalue weighted by molar-refractivity contribution is -0.117. The summed E-state index contributed by atoms with van der Waals surface area (Å²) in [5.74, 6) is 0.0546. The van der Waals surface area contributed by atoms with Crippen LogP contribution in [-0.2, 0) is 14.6 Å². The Kier molecular flexibility index (Phi) is 6.10. The number of nitrogens with zero attached hydrogens (tertiary/aromatic N) is 1. The summed E-state index contributed by atoms with van der Waals surface area (Å²) >= 11 is 0. The number of fused-ring (bicyclic) bond motifs is 1. The molecule has 2 aliphatic heterocycles. The quantitative estimate of drug-likeness (QED) is 0.685. The molecule has 2 heterocycles. The molecule has 8 nitrogen and oxygen atoms in total. The molecule has 2 amide bonds. The maximum absolute atomic E-state index is 12.8. The normalized spacial score (nSPS) is 21.3. The molecule has 0 bridgehead atoms. The Morgan fingerprint density at radius 3 is 2.44 bits per heavy atom. The van der Waals surface area contributed by atoms with E-state index in [4.69, 9.17) is 9.47 Å². The zero-order valence-corrected chi connectivity index (χ0v) is 18.9. The number of anilines is 2. The molecule has 32 heavy (non-hydrogen) atoms. The van der Waals surface area contributed by atoms with E-state index < -0.39 is 15.9 Å². The van der Waals surface area contributed by atoms with Crippen molar-refractivity contribution >= 4 is 33.0 Å². The molecule has 0 saturated carbocycles. The monoisotopic (exact) mass is 458 g/mol. The van der Waals surface area contributed by atoms with Gasteiger partial charge in [0.2, 0.25) is 5.91 Å². The van der Waals surface area contributed by atoms with Crippen LogP contribution < -0.4 is 19.7 Å². The second kappa shape index (κ2) is 8.82. The summed E-state index contributed by atoms with van der Waals surface area (Å²) < 4.78 is 35.9. The van der Waals surface area contributed by atoms with Crippen molar-refractivity contribution < 1.29 is 27.5 Å². The zero-order valence-electron chi connectivity index (χ0n) is 18.0. The Hall–Kier alpha value is -3.07. The first-order chi connectivity index (χ1) is 15.3. The molecule has 4 rings (SSSR count). The maximum Gasteiger partial charge on any atom is 0.255 e. The van der Waals surface area contributed by atoms with Crippen LogP contribution in [0.5, 0.6) is 11.5 Å². The molecule has 9 heteroatoms. The molecule has 0 unspecified atom stereocenters. The molecule has 0 aromatic heterocycles. The highest BCUT2D eigenvalue weighted by molar-refractivity contribution is 7.91. The third-order valence-corrected chi connectivity index (χ3v) is 7.46. The molecule has 0 spiro atoms. The van der Waals surface area contributed by atoms with Gasteiger partial charge < -0.3 is 19.7 Å². The molecule has 1 N–H and O–H groups in total. The molecular formula is C23H26N2O6S. The molecule has 2 aromatic rings. The number of nitrogens with one attached hydrogen (secondary N) is 1. The molecular weight excluding hydrogens is 432 g/mol. The average molecular weight is 459 g/mol. The van der Waals surface area contributed by atoms with Crippen LogP contribution in [0.4, 0.5) is 11.4 Å². The van der Waals surface area contributed by atoms with Crippen molar-refractivity contribution in [1.29, 1.82) is 0 Å². The number of rotatable bonds is 7. The van der Waals surface area contributed by atoms with Gasteiger partial charge in [-0.3, -0.25) is 9.59 Å². The lowest BCUT2D eigenvalue weighted by Crippen LogP contribution is -2.36. The predicted molar refractivity (Wildman–Crippen MR) is 121 cm³/mol. The molecule has 2 saturated heterocycles. The van der Waals surface area contributed by atoms with Crippen molar-refractivity contribution in [3.63, 3.8) is 0 Å². The standard InChI is InChI=1S/C23H26N2O6S/c1-3-30-20-12-18(25-19-14-32(28,29)13-16(19)10-22(25)26)21(31-4-2)11-17(20)24-23(27)15-8-6-5-7-9-15/h5-9,11-12,16,19H,3-4,10,13-14H2,1-2H3,(H,24,27)/t16-,19+/m0/s1. The summed E-state index contributed by atoms with van der Waals surface area (Å²) in [6.45, 7) is 4.31. The van der Waals surface area contributed by atoms with E-state index in [-0.39, 0.29) is 35.7 Å². The molecule has 2 atom stereocenters. The van der Waals surface area contributed by atoms with Crippen molar-refractivity contribution in [2.45, 2.75) is 26.3 Å². The van der Waals surface area contributed by atoms with E-state index in [0.717, 1.165) is 0 Å². The second-order valence-corrected chi connectivity index (χ2v) is 10.0. The van der Waals surface area contributed by atoms with Gasteiger partial charge in [0, 0.05) is 30.0 Å². The lowest BCUT2D eigenvalue weighted by Gasteiger charge is -2.27. The topological polar surface area (TPSA) is 102 Å². The van der Waals surface area contributed by atoms with Crippen LogP contribution in [0.15, 0.2) is 42.5 Å². The average Bonchev–Trinajstić information content (AvgIpc) is 3.20. The first-order valence-corrected chi connectivity index (χ1v) is 12.5. The third-order valence-electron chi connectivity index (χ3n) is 5.68. The predicted octanol–water partition coefficient (Wildman–Crippen LogP) is 2.89. The summed E-state index contributed by atoms with van der Waals surface area (Å²) in [4.78, 5) is 27.1. The van der Waals surface area contributed by atoms with Crippen molar-refractivity contribution in [3.05, 3.63) is 48.0 Å². The van der Waals surface area contributed by atoms with Crippen LogP contribution in [0.25, 0.3) is 0 Å². The van der Waals surface area contributed by atoms with E-state index in [1.54, 1.807) is 36.4 Å². The largest absolute Gasteiger partial charge is 0.492 e. The first-order valence-electron chi connectivity index (χ1n) is 10.7. The highest BCUT2D eigenvalue weighted by atomic mass is 32.2. The SMILES string of the molecule is CCOc1cc(N2C(=O)C[C@H]3CS(=O)(=O)C[C@H]32)c(OCC)cc1NC(=O)c1ccccc1. The Morgan fingerprint density at radius 1 is 1.06 bits per heavy atom. The van der Waals surface area contributed by atoms with Crippen molar-refractivity contribution in [2.75, 3.05) is 34.9 Å². The molecule has 2 aromatic carbocycles. The van der Waals surface area contributed by atoms with Gasteiger partial charge in [0.15, 0.2) is 9.84 Å². The minimum Gasteiger partial charge on any atom is -0.492 e. The van der Waals surface area contributed by atoms with Crippen LogP contribution in [0, 0.1) is 5.92 Å². The molecule has 0 aliphatic carbocycles. The van der Waals surface area contributed by atoms with Gasteiger partial charge in [-0.25, -0.2) is 8.42 Å². The number of ether oxygens (including phenoxy) is 2. The summed E-state index contributed by atoms with van der Waals surface area (Å²) in [6, 6.07) is 11.7. The van der Waals surface area contributed by atoms with Crippen LogP contribution >= 0.6 is 0 Å². The van der Waals surface area contributed by atoms with Crippen LogP contribution in [-0.4, -0.2) is 51.0 Å². The highest BCUT2D eigenvalue weighted by Gasteiger charge is 2.50. The number of hydrogen-bond acceptors (Lipinski definition) is 6. The van der Waals surface area contributed by atoms with E-state index in [2.05, 4.69) is 5.32 Å². The second-order valence-electron chi connectivity index (χ2n) is 7.87. The van der Waals surface area contributed by atoms with E-state index >= 15 is 0 Å². The smallest absolute Gasteiger partial charge is 0.255 e. The van der Waals surface area contributed by atoms with Crippen molar-refractivity contribution in [3.8, 4) is 11.5 Å². The summed E-state index contributed by atoms with van der Waals surface area (Å²) in [7, 11) is -3.19. The van der Waals surface area contributed by atoms with Gasteiger partial charge in [-0.15, -0.1) is 0 Å². The van der Waals surface area contributed by atoms with Gasteiger partial charge in [0.1, 0.15) is 11.5 Å². The minimum atomic E-state index is -3.19. The molecule has 2 aliphatic rings. The number of carbonyl (C=O) groups excluding carboxylic acids is 2. The van der Waals surface area contributed by atoms with Crippen LogP contribution in [0.3, 0.4) is 0 Å². The van der Waals surface area contributed by atoms with Crippen molar-refractivity contribution in [2.24, 2.45) is 5.92 Å². The van der Waals surface area contributed by atoms with Gasteiger partial charge >= 0.3 is 0 Å². The Labute approximate surface area is 187 Å². The fourth-order valence-corrected chi connectivity index (χ4v) is 6.44. The Balaban J connectivity index is 1.74. The minimum absolute atomic E-state index is 0.0212. The first kappa shape index (κ1) is 22.1. The number of amides is 2. The lowest BCUT2D eigenvalue weighted by atomic mass is 10.0. The van der Waals surface area contributed by atoms with E-state index in [9.17, 15) is 18.0 Å².